The molecular weight excluding hydrogens is 550 g/mol. The lowest BCUT2D eigenvalue weighted by atomic mass is 10.0. The van der Waals surface area contributed by atoms with E-state index >= 15 is 0 Å². The lowest BCUT2D eigenvalue weighted by Crippen LogP contribution is -2.32. The molecule has 3 aromatic rings. The van der Waals surface area contributed by atoms with Crippen LogP contribution in [0.2, 0.25) is 0 Å². The number of aromatic nitrogens is 2. The van der Waals surface area contributed by atoms with Crippen LogP contribution in [0.25, 0.3) is 11.1 Å². The molecule has 0 saturated heterocycles. The van der Waals surface area contributed by atoms with E-state index in [1.165, 1.54) is 17.8 Å². The van der Waals surface area contributed by atoms with Crippen molar-refractivity contribution < 1.29 is 27.5 Å². The monoisotopic (exact) mass is 587 g/mol. The van der Waals surface area contributed by atoms with Gasteiger partial charge in [0.15, 0.2) is 5.69 Å². The second-order valence-electron chi connectivity index (χ2n) is 9.59. The Kier molecular flexibility index (Phi) is 11.2. The molecule has 1 amide bonds. The standard InChI is InChI=1S/C29H37N3O6S2/c1-6-8-13-25-30-27(39-5)26(28(33)37-7-2)32(25)18-21-14-16-22(17-15-21)23-11-9-10-12-24(23)40(35,36)31-29(34)38-19-20(3)4/h9-12,14-17,20H,6-8,13,18-19H2,1-5H3,(H,31,34). The maximum atomic E-state index is 13.0. The Hall–Kier alpha value is -3.31. The number of carbonyl (C=O) groups excluding carboxylic acids is 2. The molecule has 216 valence electrons. The highest BCUT2D eigenvalue weighted by Crippen LogP contribution is 2.29. The Labute approximate surface area is 240 Å². The second-order valence-corrected chi connectivity index (χ2v) is 12.0. The fourth-order valence-electron chi connectivity index (χ4n) is 4.06. The van der Waals surface area contributed by atoms with Crippen molar-refractivity contribution in [3.05, 3.63) is 65.6 Å². The Balaban J connectivity index is 1.92. The zero-order valence-electron chi connectivity index (χ0n) is 23.6. The summed E-state index contributed by atoms with van der Waals surface area (Å²) in [5, 5.41) is 0.639. The number of hydrogen-bond donors (Lipinski definition) is 1. The fraction of sp³-hybridized carbons (Fsp3) is 0.414. The van der Waals surface area contributed by atoms with Crippen molar-refractivity contribution in [2.75, 3.05) is 19.5 Å². The maximum absolute atomic E-state index is 13.0. The van der Waals surface area contributed by atoms with Gasteiger partial charge < -0.3 is 14.0 Å². The number of benzene rings is 2. The highest BCUT2D eigenvalue weighted by atomic mass is 32.2. The van der Waals surface area contributed by atoms with Gasteiger partial charge in [0.1, 0.15) is 10.9 Å². The van der Waals surface area contributed by atoms with Gasteiger partial charge in [-0.25, -0.2) is 27.7 Å². The predicted octanol–water partition coefficient (Wildman–Crippen LogP) is 5.91. The van der Waals surface area contributed by atoms with Crippen LogP contribution in [0.15, 0.2) is 58.5 Å². The van der Waals surface area contributed by atoms with Crippen molar-refractivity contribution in [2.24, 2.45) is 5.92 Å². The lowest BCUT2D eigenvalue weighted by Gasteiger charge is -2.14. The van der Waals surface area contributed by atoms with Gasteiger partial charge in [0.05, 0.1) is 18.1 Å². The molecule has 1 N–H and O–H groups in total. The molecule has 0 aliphatic heterocycles. The van der Waals surface area contributed by atoms with Gasteiger partial charge in [0.2, 0.25) is 0 Å². The first-order valence-electron chi connectivity index (χ1n) is 13.3. The average Bonchev–Trinajstić information content (AvgIpc) is 3.28. The van der Waals surface area contributed by atoms with Crippen molar-refractivity contribution in [1.82, 2.24) is 14.3 Å². The number of amides is 1. The molecule has 1 heterocycles. The van der Waals surface area contributed by atoms with Gasteiger partial charge in [-0.1, -0.05) is 69.7 Å². The van der Waals surface area contributed by atoms with E-state index < -0.39 is 22.1 Å². The highest BCUT2D eigenvalue weighted by Gasteiger charge is 2.25. The summed E-state index contributed by atoms with van der Waals surface area (Å²) < 4.78 is 40.3. The van der Waals surface area contributed by atoms with E-state index in [0.29, 0.717) is 28.4 Å². The second kappa shape index (κ2) is 14.4. The maximum Gasteiger partial charge on any atom is 0.421 e. The van der Waals surface area contributed by atoms with Crippen molar-refractivity contribution in [2.45, 2.75) is 63.4 Å². The molecule has 40 heavy (non-hydrogen) atoms. The summed E-state index contributed by atoms with van der Waals surface area (Å²) in [6.07, 6.45) is 3.55. The topological polar surface area (TPSA) is 117 Å². The largest absolute Gasteiger partial charge is 0.461 e. The number of esters is 1. The summed E-state index contributed by atoms with van der Waals surface area (Å²) >= 11 is 1.41. The van der Waals surface area contributed by atoms with Crippen LogP contribution in [0.5, 0.6) is 0 Å². The van der Waals surface area contributed by atoms with Crippen molar-refractivity contribution in [3.63, 3.8) is 0 Å². The number of imidazole rings is 1. The quantitative estimate of drug-likeness (QED) is 0.194. The molecule has 11 heteroatoms. The zero-order chi connectivity index (χ0) is 29.3. The molecule has 0 fully saturated rings. The number of rotatable bonds is 13. The fourth-order valence-corrected chi connectivity index (χ4v) is 5.76. The summed E-state index contributed by atoms with van der Waals surface area (Å²) in [5.41, 5.74) is 2.46. The third-order valence-corrected chi connectivity index (χ3v) is 8.02. The first-order chi connectivity index (χ1) is 19.1. The molecule has 0 radical (unpaired) electrons. The number of nitrogens with zero attached hydrogens (tertiary/aromatic N) is 2. The third kappa shape index (κ3) is 7.88. The highest BCUT2D eigenvalue weighted by molar-refractivity contribution is 7.98. The lowest BCUT2D eigenvalue weighted by molar-refractivity contribution is 0.0509. The Morgan fingerprint density at radius 1 is 1.05 bits per heavy atom. The number of unbranched alkanes of at least 4 members (excludes halogenated alkanes) is 1. The molecule has 3 rings (SSSR count). The smallest absolute Gasteiger partial charge is 0.421 e. The van der Waals surface area contributed by atoms with Crippen LogP contribution in [-0.2, 0) is 32.5 Å². The van der Waals surface area contributed by atoms with E-state index in [4.69, 9.17) is 14.5 Å². The number of ether oxygens (including phenoxy) is 2. The molecule has 2 aromatic carbocycles. The van der Waals surface area contributed by atoms with Gasteiger partial charge in [-0.2, -0.15) is 0 Å². The van der Waals surface area contributed by atoms with Crippen molar-refractivity contribution in [1.29, 1.82) is 0 Å². The minimum atomic E-state index is -4.17. The number of hydrogen-bond acceptors (Lipinski definition) is 8. The van der Waals surface area contributed by atoms with Gasteiger partial charge in [-0.05, 0) is 42.7 Å². The summed E-state index contributed by atoms with van der Waals surface area (Å²) in [6.45, 7) is 8.38. The SMILES string of the molecule is CCCCc1nc(SC)c(C(=O)OCC)n1Cc1ccc(-c2ccccc2S(=O)(=O)NC(=O)OCC(C)C)cc1. The molecule has 0 bridgehead atoms. The molecule has 1 aromatic heterocycles. The minimum absolute atomic E-state index is 0.0325. The molecule has 0 atom stereocenters. The number of nitrogens with one attached hydrogen (secondary N) is 1. The van der Waals surface area contributed by atoms with Gasteiger partial charge in [0.25, 0.3) is 10.0 Å². The molecule has 0 unspecified atom stereocenters. The summed E-state index contributed by atoms with van der Waals surface area (Å²) in [7, 11) is -4.17. The first-order valence-corrected chi connectivity index (χ1v) is 16.0. The molecule has 0 aliphatic rings. The van der Waals surface area contributed by atoms with E-state index in [0.717, 1.165) is 30.7 Å². The Bertz CT molecular complexity index is 1420. The number of thioether (sulfide) groups is 1. The molecular formula is C29H37N3O6S2. The molecule has 0 saturated carbocycles. The first kappa shape index (κ1) is 31.2. The van der Waals surface area contributed by atoms with E-state index in [2.05, 4.69) is 6.92 Å². The normalized spacial score (nSPS) is 11.4. The third-order valence-electron chi connectivity index (χ3n) is 5.98. The number of aryl methyl sites for hydroxylation is 1. The average molecular weight is 588 g/mol. The van der Waals surface area contributed by atoms with Crippen LogP contribution in [0.4, 0.5) is 4.79 Å². The molecule has 0 spiro atoms. The Morgan fingerprint density at radius 2 is 1.75 bits per heavy atom. The van der Waals surface area contributed by atoms with E-state index in [1.807, 2.05) is 53.7 Å². The van der Waals surface area contributed by atoms with Crippen molar-refractivity contribution >= 4 is 33.8 Å². The van der Waals surface area contributed by atoms with E-state index in [9.17, 15) is 18.0 Å². The van der Waals surface area contributed by atoms with Gasteiger partial charge in [0, 0.05) is 18.5 Å². The van der Waals surface area contributed by atoms with Crippen LogP contribution in [0.1, 0.15) is 62.4 Å². The van der Waals surface area contributed by atoms with Gasteiger partial charge in [-0.3, -0.25) is 0 Å². The summed E-state index contributed by atoms with van der Waals surface area (Å²) in [5.74, 6) is 0.493. The minimum Gasteiger partial charge on any atom is -0.461 e. The van der Waals surface area contributed by atoms with E-state index in [-0.39, 0.29) is 24.0 Å². The number of sulfonamides is 1. The zero-order valence-corrected chi connectivity index (χ0v) is 25.2. The molecule has 9 nitrogen and oxygen atoms in total. The predicted molar refractivity (Wildman–Crippen MR) is 156 cm³/mol. The Morgan fingerprint density at radius 3 is 2.38 bits per heavy atom. The van der Waals surface area contributed by atoms with Gasteiger partial charge >= 0.3 is 12.1 Å². The van der Waals surface area contributed by atoms with Crippen LogP contribution in [-0.4, -0.2) is 49.5 Å². The summed E-state index contributed by atoms with van der Waals surface area (Å²) in [6, 6.07) is 13.9. The summed E-state index contributed by atoms with van der Waals surface area (Å²) in [4.78, 5) is 29.6. The van der Waals surface area contributed by atoms with Crippen molar-refractivity contribution in [3.8, 4) is 11.1 Å². The van der Waals surface area contributed by atoms with Gasteiger partial charge in [-0.15, -0.1) is 11.8 Å². The molecule has 0 aliphatic carbocycles. The van der Waals surface area contributed by atoms with Crippen LogP contribution < -0.4 is 4.72 Å². The van der Waals surface area contributed by atoms with E-state index in [1.54, 1.807) is 25.1 Å². The van der Waals surface area contributed by atoms with Crippen LogP contribution >= 0.6 is 11.8 Å². The van der Waals surface area contributed by atoms with Crippen LogP contribution in [0, 0.1) is 5.92 Å². The van der Waals surface area contributed by atoms with Crippen LogP contribution in [0.3, 0.4) is 0 Å². The number of carbonyl (C=O) groups is 2.